The molecule has 0 heterocycles. The monoisotopic (exact) mass is 220 g/mol. The van der Waals surface area contributed by atoms with Gasteiger partial charge in [-0.1, -0.05) is 32.0 Å². The van der Waals surface area contributed by atoms with Gasteiger partial charge in [-0.2, -0.15) is 0 Å². The maximum absolute atomic E-state index is 11.1. The van der Waals surface area contributed by atoms with E-state index in [0.717, 1.165) is 18.6 Å². The van der Waals surface area contributed by atoms with Crippen molar-refractivity contribution in [1.82, 2.24) is 0 Å². The number of ketones is 1. The highest BCUT2D eigenvalue weighted by molar-refractivity contribution is 5.77. The number of hydrogen-bond acceptors (Lipinski definition) is 2. The lowest BCUT2D eigenvalue weighted by Crippen LogP contribution is -2.03. The molecule has 0 unspecified atom stereocenters. The number of ether oxygens (including phenoxy) is 1. The van der Waals surface area contributed by atoms with Gasteiger partial charge in [-0.05, 0) is 24.5 Å². The number of carbonyl (C=O) groups excluding carboxylic acids is 1. The lowest BCUT2D eigenvalue weighted by atomic mass is 10.1. The molecule has 0 amide bonds. The Morgan fingerprint density at radius 3 is 2.69 bits per heavy atom. The average Bonchev–Trinajstić information content (AvgIpc) is 2.34. The van der Waals surface area contributed by atoms with E-state index < -0.39 is 0 Å². The summed E-state index contributed by atoms with van der Waals surface area (Å²) in [6.07, 6.45) is 3.05. The molecule has 88 valence electrons. The van der Waals surface area contributed by atoms with Gasteiger partial charge in [-0.3, -0.25) is 4.79 Å². The van der Waals surface area contributed by atoms with Gasteiger partial charge in [0.2, 0.25) is 0 Å². The number of para-hydroxylation sites is 1. The van der Waals surface area contributed by atoms with Crippen LogP contribution in [0.25, 0.3) is 0 Å². The Kier molecular flexibility index (Phi) is 5.62. The van der Waals surface area contributed by atoms with Crippen molar-refractivity contribution in [3.8, 4) is 5.75 Å². The Morgan fingerprint density at radius 1 is 1.25 bits per heavy atom. The Labute approximate surface area is 97.6 Å². The third-order valence-corrected chi connectivity index (χ3v) is 2.61. The van der Waals surface area contributed by atoms with Gasteiger partial charge in [-0.15, -0.1) is 0 Å². The summed E-state index contributed by atoms with van der Waals surface area (Å²) in [5, 5.41) is 0. The zero-order valence-corrected chi connectivity index (χ0v) is 10.2. The van der Waals surface area contributed by atoms with Crippen LogP contribution in [0.1, 0.15) is 38.7 Å². The maximum Gasteiger partial charge on any atom is 0.132 e. The van der Waals surface area contributed by atoms with E-state index >= 15 is 0 Å². The number of hydrogen-bond donors (Lipinski definition) is 0. The van der Waals surface area contributed by atoms with E-state index in [1.54, 1.807) is 0 Å². The molecule has 0 radical (unpaired) electrons. The van der Waals surface area contributed by atoms with Crippen LogP contribution in [-0.4, -0.2) is 12.4 Å². The van der Waals surface area contributed by atoms with Crippen molar-refractivity contribution < 1.29 is 9.53 Å². The van der Waals surface area contributed by atoms with Gasteiger partial charge in [0, 0.05) is 12.8 Å². The molecule has 0 N–H and O–H groups in total. The third kappa shape index (κ3) is 4.05. The van der Waals surface area contributed by atoms with Gasteiger partial charge in [0.1, 0.15) is 11.5 Å². The van der Waals surface area contributed by atoms with Crippen LogP contribution in [0.2, 0.25) is 0 Å². The molecular weight excluding hydrogens is 200 g/mol. The molecule has 0 atom stereocenters. The summed E-state index contributed by atoms with van der Waals surface area (Å²) in [4.78, 5) is 11.1. The van der Waals surface area contributed by atoms with Crippen LogP contribution in [0.5, 0.6) is 5.75 Å². The van der Waals surface area contributed by atoms with Crippen molar-refractivity contribution in [2.75, 3.05) is 6.61 Å². The largest absolute Gasteiger partial charge is 0.493 e. The van der Waals surface area contributed by atoms with Gasteiger partial charge in [0.05, 0.1) is 6.61 Å². The van der Waals surface area contributed by atoms with Gasteiger partial charge in [-0.25, -0.2) is 0 Å². The lowest BCUT2D eigenvalue weighted by Gasteiger charge is -2.09. The van der Waals surface area contributed by atoms with Crippen LogP contribution in [0.4, 0.5) is 0 Å². The quantitative estimate of drug-likeness (QED) is 0.658. The third-order valence-electron chi connectivity index (χ3n) is 2.61. The number of carbonyl (C=O) groups is 1. The summed E-state index contributed by atoms with van der Waals surface area (Å²) in [6, 6.07) is 8.06. The van der Waals surface area contributed by atoms with Gasteiger partial charge in [0.15, 0.2) is 0 Å². The zero-order chi connectivity index (χ0) is 11.8. The Balaban J connectivity index is 2.34. The molecule has 0 bridgehead atoms. The average molecular weight is 220 g/mol. The molecule has 1 rings (SSSR count). The second-order valence-corrected chi connectivity index (χ2v) is 3.81. The first-order chi connectivity index (χ1) is 7.77. The molecule has 16 heavy (non-hydrogen) atoms. The van der Waals surface area contributed by atoms with Gasteiger partial charge in [0.25, 0.3) is 0 Å². The molecule has 0 aliphatic carbocycles. The van der Waals surface area contributed by atoms with E-state index in [1.165, 1.54) is 5.56 Å². The van der Waals surface area contributed by atoms with Crippen LogP contribution < -0.4 is 4.74 Å². The Hall–Kier alpha value is -1.31. The highest BCUT2D eigenvalue weighted by Gasteiger charge is 2.01. The molecule has 0 saturated heterocycles. The summed E-state index contributed by atoms with van der Waals surface area (Å²) in [5.41, 5.74) is 1.23. The van der Waals surface area contributed by atoms with E-state index in [2.05, 4.69) is 13.0 Å². The van der Waals surface area contributed by atoms with Crippen LogP contribution in [0.3, 0.4) is 0 Å². The van der Waals surface area contributed by atoms with E-state index in [-0.39, 0.29) is 0 Å². The van der Waals surface area contributed by atoms with Gasteiger partial charge < -0.3 is 4.74 Å². The standard InChI is InChI=1S/C14H20O2/c1-3-12-8-5-6-10-14(12)16-11-7-9-13(15)4-2/h5-6,8,10H,3-4,7,9,11H2,1-2H3. The first-order valence-corrected chi connectivity index (χ1v) is 6.00. The number of aryl methyl sites for hydroxylation is 1. The van der Waals surface area contributed by atoms with Crippen molar-refractivity contribution in [3.05, 3.63) is 29.8 Å². The Morgan fingerprint density at radius 2 is 2.00 bits per heavy atom. The van der Waals surface area contributed by atoms with Crippen molar-refractivity contribution in [2.24, 2.45) is 0 Å². The smallest absolute Gasteiger partial charge is 0.132 e. The summed E-state index contributed by atoms with van der Waals surface area (Å²) in [7, 11) is 0. The number of Topliss-reactive ketones (excluding diaryl/α,β-unsaturated/α-hetero) is 1. The Bertz CT molecular complexity index is 331. The topological polar surface area (TPSA) is 26.3 Å². The van der Waals surface area contributed by atoms with Crippen molar-refractivity contribution >= 4 is 5.78 Å². The fourth-order valence-electron chi connectivity index (χ4n) is 1.56. The van der Waals surface area contributed by atoms with Crippen molar-refractivity contribution in [1.29, 1.82) is 0 Å². The SMILES string of the molecule is CCC(=O)CCCOc1ccccc1CC. The van der Waals surface area contributed by atoms with E-state index in [0.29, 0.717) is 25.2 Å². The summed E-state index contributed by atoms with van der Waals surface area (Å²) >= 11 is 0. The predicted molar refractivity (Wildman–Crippen MR) is 65.8 cm³/mol. The molecule has 2 heteroatoms. The summed E-state index contributed by atoms with van der Waals surface area (Å²) in [6.45, 7) is 4.64. The van der Waals surface area contributed by atoms with Crippen LogP contribution in [-0.2, 0) is 11.2 Å². The molecule has 0 spiro atoms. The molecule has 1 aromatic carbocycles. The van der Waals surface area contributed by atoms with Crippen LogP contribution in [0.15, 0.2) is 24.3 Å². The first kappa shape index (κ1) is 12.8. The van der Waals surface area contributed by atoms with Crippen molar-refractivity contribution in [2.45, 2.75) is 39.5 Å². The minimum Gasteiger partial charge on any atom is -0.493 e. The van der Waals surface area contributed by atoms with Crippen LogP contribution >= 0.6 is 0 Å². The zero-order valence-electron chi connectivity index (χ0n) is 10.2. The van der Waals surface area contributed by atoms with Crippen LogP contribution in [0, 0.1) is 0 Å². The van der Waals surface area contributed by atoms with Gasteiger partial charge >= 0.3 is 0 Å². The fourth-order valence-corrected chi connectivity index (χ4v) is 1.56. The molecule has 0 saturated carbocycles. The first-order valence-electron chi connectivity index (χ1n) is 6.00. The second kappa shape index (κ2) is 7.04. The fraction of sp³-hybridized carbons (Fsp3) is 0.500. The van der Waals surface area contributed by atoms with Crippen molar-refractivity contribution in [3.63, 3.8) is 0 Å². The highest BCUT2D eigenvalue weighted by Crippen LogP contribution is 2.18. The summed E-state index contributed by atoms with van der Waals surface area (Å²) < 4.78 is 5.67. The molecular formula is C14H20O2. The molecule has 1 aromatic rings. The molecule has 2 nitrogen and oxygen atoms in total. The minimum absolute atomic E-state index is 0.312. The molecule has 0 fully saturated rings. The van der Waals surface area contributed by atoms with E-state index in [4.69, 9.17) is 4.74 Å². The molecule has 0 aliphatic heterocycles. The van der Waals surface area contributed by atoms with E-state index in [1.807, 2.05) is 25.1 Å². The minimum atomic E-state index is 0.312. The molecule has 0 aromatic heterocycles. The highest BCUT2D eigenvalue weighted by atomic mass is 16.5. The normalized spacial score (nSPS) is 10.1. The van der Waals surface area contributed by atoms with E-state index in [9.17, 15) is 4.79 Å². The maximum atomic E-state index is 11.1. The lowest BCUT2D eigenvalue weighted by molar-refractivity contribution is -0.118. The molecule has 0 aliphatic rings. The number of rotatable bonds is 7. The predicted octanol–water partition coefficient (Wildman–Crippen LogP) is 3.39. The second-order valence-electron chi connectivity index (χ2n) is 3.81. The number of benzene rings is 1. The summed E-state index contributed by atoms with van der Waals surface area (Å²) in [5.74, 6) is 1.27.